The van der Waals surface area contributed by atoms with Crippen molar-refractivity contribution in [1.82, 2.24) is 14.2 Å². The second kappa shape index (κ2) is 9.57. The van der Waals surface area contributed by atoms with Crippen LogP contribution in [-0.4, -0.2) is 78.7 Å². The van der Waals surface area contributed by atoms with Crippen molar-refractivity contribution in [2.75, 3.05) is 39.3 Å². The smallest absolute Gasteiger partial charge is 0.243 e. The summed E-state index contributed by atoms with van der Waals surface area (Å²) in [6.07, 6.45) is 6.77. The molecule has 4 saturated heterocycles. The van der Waals surface area contributed by atoms with Crippen molar-refractivity contribution in [1.29, 1.82) is 0 Å². The normalized spacial score (nSPS) is 29.3. The van der Waals surface area contributed by atoms with Crippen molar-refractivity contribution in [3.8, 4) is 0 Å². The molecular weight excluding hydrogens is 452 g/mol. The molecule has 186 valence electrons. The molecule has 8 nitrogen and oxygen atoms in total. The molecule has 5 rings (SSSR count). The highest BCUT2D eigenvalue weighted by Crippen LogP contribution is 2.40. The number of aryl methyl sites for hydroxylation is 1. The Bertz CT molecular complexity index is 1010. The number of nitroso groups, excluding NO2 is 1. The number of piperidine rings is 3. The summed E-state index contributed by atoms with van der Waals surface area (Å²) in [6.45, 7) is 5.64. The SMILES string of the molecule is Cc1ccc(S(=O)(=O)N2CCC(C3CCN4C(C3)C(C(=O)N3CCCCC3)C[N+]4=O)CC2)cc1. The number of rotatable bonds is 4. The summed E-state index contributed by atoms with van der Waals surface area (Å²) in [6, 6.07) is 7.06. The van der Waals surface area contributed by atoms with Crippen LogP contribution in [0.15, 0.2) is 29.2 Å². The van der Waals surface area contributed by atoms with E-state index in [0.717, 1.165) is 62.0 Å². The fraction of sp³-hybridized carbons (Fsp3) is 0.720. The van der Waals surface area contributed by atoms with Crippen molar-refractivity contribution >= 4 is 15.9 Å². The summed E-state index contributed by atoms with van der Waals surface area (Å²) < 4.78 is 27.8. The molecule has 1 aromatic carbocycles. The Morgan fingerprint density at radius 2 is 1.56 bits per heavy atom. The largest absolute Gasteiger partial charge is 0.342 e. The molecule has 34 heavy (non-hydrogen) atoms. The van der Waals surface area contributed by atoms with Crippen LogP contribution < -0.4 is 0 Å². The van der Waals surface area contributed by atoms with Gasteiger partial charge in [0.25, 0.3) is 0 Å². The molecule has 0 spiro atoms. The Balaban J connectivity index is 1.21. The predicted molar refractivity (Wildman–Crippen MR) is 128 cm³/mol. The number of fused-ring (bicyclic) bond motifs is 1. The summed E-state index contributed by atoms with van der Waals surface area (Å²) in [4.78, 5) is 29.2. The van der Waals surface area contributed by atoms with Crippen molar-refractivity contribution in [3.05, 3.63) is 34.7 Å². The van der Waals surface area contributed by atoms with Crippen molar-refractivity contribution in [2.45, 2.75) is 62.8 Å². The first-order valence-electron chi connectivity index (χ1n) is 12.9. The van der Waals surface area contributed by atoms with E-state index in [1.54, 1.807) is 16.4 Å². The van der Waals surface area contributed by atoms with E-state index in [0.29, 0.717) is 36.4 Å². The number of likely N-dealkylation sites (tertiary alicyclic amines) is 1. The first-order valence-corrected chi connectivity index (χ1v) is 14.4. The predicted octanol–water partition coefficient (Wildman–Crippen LogP) is 2.81. The topological polar surface area (TPSA) is 81.0 Å². The molecule has 1 aromatic rings. The van der Waals surface area contributed by atoms with Gasteiger partial charge in [-0.25, -0.2) is 8.42 Å². The van der Waals surface area contributed by atoms with E-state index in [-0.39, 0.29) is 24.4 Å². The van der Waals surface area contributed by atoms with Gasteiger partial charge >= 0.3 is 0 Å². The molecule has 0 radical (unpaired) electrons. The van der Waals surface area contributed by atoms with Crippen molar-refractivity contribution in [2.24, 2.45) is 17.8 Å². The number of nitrogens with zero attached hydrogens (tertiary/aromatic N) is 4. The summed E-state index contributed by atoms with van der Waals surface area (Å²) in [5.74, 6) is 0.805. The van der Waals surface area contributed by atoms with Gasteiger partial charge in [0.05, 0.1) is 16.3 Å². The summed E-state index contributed by atoms with van der Waals surface area (Å²) >= 11 is 0. The lowest BCUT2D eigenvalue weighted by Gasteiger charge is -2.40. The van der Waals surface area contributed by atoms with Gasteiger partial charge in [-0.15, -0.1) is 5.01 Å². The average Bonchev–Trinajstić information content (AvgIpc) is 3.20. The number of hydrazine groups is 1. The third kappa shape index (κ3) is 4.49. The molecule has 4 aliphatic heterocycles. The molecule has 0 aromatic heterocycles. The minimum Gasteiger partial charge on any atom is -0.342 e. The molecule has 0 saturated carbocycles. The van der Waals surface area contributed by atoms with Crippen LogP contribution in [0.4, 0.5) is 0 Å². The lowest BCUT2D eigenvalue weighted by atomic mass is 9.75. The van der Waals surface area contributed by atoms with Crippen LogP contribution in [0.25, 0.3) is 0 Å². The van der Waals surface area contributed by atoms with Gasteiger partial charge in [-0.2, -0.15) is 4.31 Å². The number of hydrogen-bond acceptors (Lipinski definition) is 4. The quantitative estimate of drug-likeness (QED) is 0.608. The molecule has 4 aliphatic rings. The van der Waals surface area contributed by atoms with E-state index in [1.807, 2.05) is 29.0 Å². The van der Waals surface area contributed by atoms with Crippen molar-refractivity contribution in [3.63, 3.8) is 0 Å². The minimum atomic E-state index is -3.46. The van der Waals surface area contributed by atoms with Gasteiger partial charge in [-0.1, -0.05) is 17.7 Å². The van der Waals surface area contributed by atoms with E-state index in [1.165, 1.54) is 6.42 Å². The van der Waals surface area contributed by atoms with Gasteiger partial charge in [0.2, 0.25) is 22.5 Å². The molecule has 9 heteroatoms. The zero-order chi connectivity index (χ0) is 23.9. The van der Waals surface area contributed by atoms with Crippen LogP contribution in [0.5, 0.6) is 0 Å². The van der Waals surface area contributed by atoms with Gasteiger partial charge < -0.3 is 4.90 Å². The summed E-state index contributed by atoms with van der Waals surface area (Å²) in [5, 5.41) is 1.89. The maximum Gasteiger partial charge on any atom is 0.243 e. The zero-order valence-corrected chi connectivity index (χ0v) is 21.0. The number of sulfonamides is 1. The molecule has 0 aliphatic carbocycles. The maximum absolute atomic E-state index is 13.3. The van der Waals surface area contributed by atoms with E-state index in [2.05, 4.69) is 0 Å². The Morgan fingerprint density at radius 1 is 0.912 bits per heavy atom. The second-order valence-corrected chi connectivity index (χ2v) is 12.5. The first kappa shape index (κ1) is 23.7. The second-order valence-electron chi connectivity index (χ2n) is 10.6. The Labute approximate surface area is 202 Å². The van der Waals surface area contributed by atoms with Crippen LogP contribution >= 0.6 is 0 Å². The van der Waals surface area contributed by atoms with Gasteiger partial charge in [-0.3, -0.25) is 4.79 Å². The van der Waals surface area contributed by atoms with E-state index >= 15 is 0 Å². The maximum atomic E-state index is 13.3. The van der Waals surface area contributed by atoms with E-state index in [9.17, 15) is 18.1 Å². The fourth-order valence-electron chi connectivity index (χ4n) is 6.52. The Hall–Kier alpha value is -2.00. The Kier molecular flexibility index (Phi) is 6.68. The number of hydrogen-bond donors (Lipinski definition) is 0. The highest BCUT2D eigenvalue weighted by atomic mass is 32.2. The monoisotopic (exact) mass is 489 g/mol. The van der Waals surface area contributed by atoms with Gasteiger partial charge in [0, 0.05) is 26.2 Å². The fourth-order valence-corrected chi connectivity index (χ4v) is 7.99. The Morgan fingerprint density at radius 3 is 2.24 bits per heavy atom. The van der Waals surface area contributed by atoms with Crippen LogP contribution in [0.1, 0.15) is 50.5 Å². The van der Waals surface area contributed by atoms with Crippen LogP contribution in [0.3, 0.4) is 0 Å². The minimum absolute atomic E-state index is 0.0139. The van der Waals surface area contributed by atoms with Crippen LogP contribution in [0.2, 0.25) is 0 Å². The third-order valence-corrected chi connectivity index (χ3v) is 10.5. The van der Waals surface area contributed by atoms with E-state index < -0.39 is 10.0 Å². The highest BCUT2D eigenvalue weighted by Gasteiger charge is 2.54. The van der Waals surface area contributed by atoms with Gasteiger partial charge in [0.1, 0.15) is 16.8 Å². The standard InChI is InChI=1S/C25H37N4O4S/c1-19-5-7-22(8-6-19)34(32,33)27-14-9-20(10-15-27)21-11-16-28-24(17-21)23(18-29(28)31)25(30)26-12-3-2-4-13-26/h5-8,20-21,23-24H,2-4,9-18H2,1H3/q+1. The molecule has 1 amide bonds. The molecule has 4 fully saturated rings. The molecule has 3 unspecified atom stereocenters. The molecule has 4 heterocycles. The lowest BCUT2D eigenvalue weighted by molar-refractivity contribution is -0.692. The van der Waals surface area contributed by atoms with Gasteiger partial charge in [0.15, 0.2) is 0 Å². The number of carbonyl (C=O) groups is 1. The summed E-state index contributed by atoms with van der Waals surface area (Å²) in [5.41, 5.74) is 1.05. The van der Waals surface area contributed by atoms with Crippen molar-refractivity contribution < 1.29 is 18.1 Å². The average molecular weight is 490 g/mol. The first-order chi connectivity index (χ1) is 16.3. The molecule has 0 bridgehead atoms. The van der Waals surface area contributed by atoms with Crippen LogP contribution in [-0.2, 0) is 14.8 Å². The molecule has 0 N–H and O–H groups in total. The summed E-state index contributed by atoms with van der Waals surface area (Å²) in [7, 11) is -3.46. The third-order valence-electron chi connectivity index (χ3n) is 8.57. The highest BCUT2D eigenvalue weighted by molar-refractivity contribution is 7.89. The molecular formula is C25H37N4O4S+. The molecule has 3 atom stereocenters. The number of carbonyl (C=O) groups excluding carboxylic acids is 1. The van der Waals surface area contributed by atoms with Gasteiger partial charge in [-0.05, 0) is 75.8 Å². The van der Waals surface area contributed by atoms with E-state index in [4.69, 9.17) is 0 Å². The number of amides is 1. The number of benzene rings is 1. The van der Waals surface area contributed by atoms with Crippen LogP contribution in [0, 0.1) is 29.6 Å². The lowest BCUT2D eigenvalue weighted by Crippen LogP contribution is -2.49. The zero-order valence-electron chi connectivity index (χ0n) is 20.1.